The second kappa shape index (κ2) is 3.90. The Hall–Kier alpha value is -0.200. The van der Waals surface area contributed by atoms with Gasteiger partial charge < -0.3 is 0 Å². The molecule has 0 bridgehead atoms. The Kier molecular flexibility index (Phi) is 2.45. The van der Waals surface area contributed by atoms with E-state index in [4.69, 9.17) is 0 Å². The van der Waals surface area contributed by atoms with Crippen LogP contribution in [0.25, 0.3) is 0 Å². The Morgan fingerprint density at radius 2 is 0.824 bits per heavy atom. The molecule has 84 valence electrons. The molecular formula is C12H8NS4+. The van der Waals surface area contributed by atoms with Crippen LogP contribution in [0.2, 0.25) is 0 Å². The van der Waals surface area contributed by atoms with Crippen LogP contribution in [0, 0.1) is 0 Å². The average Bonchev–Trinajstić information content (AvgIpc) is 2.87. The van der Waals surface area contributed by atoms with Crippen molar-refractivity contribution in [3.05, 3.63) is 48.5 Å². The van der Waals surface area contributed by atoms with Gasteiger partial charge in [-0.15, -0.1) is 0 Å². The molecule has 0 radical (unpaired) electrons. The Morgan fingerprint density at radius 3 is 1.12 bits per heavy atom. The molecule has 2 aliphatic rings. The van der Waals surface area contributed by atoms with Crippen LogP contribution in [0.4, 0.5) is 0 Å². The predicted molar refractivity (Wildman–Crippen MR) is 76.6 cm³/mol. The third-order valence-corrected chi connectivity index (χ3v) is 8.59. The molecule has 0 fully saturated rings. The van der Waals surface area contributed by atoms with Gasteiger partial charge in [0.05, 0.1) is 19.6 Å². The van der Waals surface area contributed by atoms with Crippen LogP contribution in [0.1, 0.15) is 0 Å². The highest BCUT2D eigenvalue weighted by molar-refractivity contribution is 8.31. The minimum atomic E-state index is 0.888. The van der Waals surface area contributed by atoms with Crippen LogP contribution in [0.3, 0.4) is 0 Å². The Morgan fingerprint density at radius 1 is 0.529 bits per heavy atom. The lowest BCUT2D eigenvalue weighted by Crippen LogP contribution is -2.05. The number of hydrogen-bond acceptors (Lipinski definition) is 4. The zero-order chi connectivity index (χ0) is 11.3. The van der Waals surface area contributed by atoms with Crippen LogP contribution in [0.5, 0.6) is 0 Å². The van der Waals surface area contributed by atoms with Crippen LogP contribution in [0.15, 0.2) is 68.1 Å². The minimum Gasteiger partial charge on any atom is -0.0621 e. The van der Waals surface area contributed by atoms with Gasteiger partial charge in [-0.1, -0.05) is 26.4 Å². The molecule has 0 N–H and O–H groups in total. The summed E-state index contributed by atoms with van der Waals surface area (Å²) in [6.07, 6.45) is 0. The summed E-state index contributed by atoms with van der Waals surface area (Å²) < 4.78 is 0.888. The van der Waals surface area contributed by atoms with Crippen molar-refractivity contribution in [1.29, 1.82) is 0 Å². The van der Waals surface area contributed by atoms with E-state index in [9.17, 15) is 0 Å². The fourth-order valence-electron chi connectivity index (χ4n) is 1.80. The highest BCUT2D eigenvalue weighted by Crippen LogP contribution is 2.70. The standard InChI is InChI=1S/C12H8NS4/c1-2-6-10-9(5-1)14-13(15-10)16-11-7-3-4-8-12(11)17-13/h1-8H/q+1. The average molecular weight is 294 g/mol. The monoisotopic (exact) mass is 294 g/mol. The second-order valence-corrected chi connectivity index (χ2v) is 9.77. The van der Waals surface area contributed by atoms with E-state index in [0.29, 0.717) is 0 Å². The van der Waals surface area contributed by atoms with Crippen molar-refractivity contribution in [3.63, 3.8) is 0 Å². The van der Waals surface area contributed by atoms with Crippen LogP contribution >= 0.6 is 47.8 Å². The molecule has 1 nitrogen and oxygen atoms in total. The molecule has 2 aromatic rings. The van der Waals surface area contributed by atoms with E-state index < -0.39 is 0 Å². The largest absolute Gasteiger partial charge is 0.153 e. The summed E-state index contributed by atoms with van der Waals surface area (Å²) in [5.41, 5.74) is 0. The molecule has 17 heavy (non-hydrogen) atoms. The van der Waals surface area contributed by atoms with E-state index in [0.717, 1.165) is 2.10 Å². The summed E-state index contributed by atoms with van der Waals surface area (Å²) >= 11 is 7.72. The van der Waals surface area contributed by atoms with E-state index in [1.54, 1.807) is 0 Å². The van der Waals surface area contributed by atoms with Gasteiger partial charge in [0.25, 0.3) is 0 Å². The first kappa shape index (κ1) is 10.7. The van der Waals surface area contributed by atoms with E-state index in [1.807, 2.05) is 47.8 Å². The van der Waals surface area contributed by atoms with Crippen LogP contribution in [-0.4, -0.2) is 2.10 Å². The van der Waals surface area contributed by atoms with Gasteiger partial charge >= 0.3 is 0 Å². The van der Waals surface area contributed by atoms with Gasteiger partial charge in [0, 0.05) is 0 Å². The van der Waals surface area contributed by atoms with Gasteiger partial charge in [-0.3, -0.25) is 0 Å². The van der Waals surface area contributed by atoms with Gasteiger partial charge in [0.1, 0.15) is 0 Å². The zero-order valence-corrected chi connectivity index (χ0v) is 12.0. The van der Waals surface area contributed by atoms with Crippen molar-refractivity contribution in [3.8, 4) is 0 Å². The first-order valence-electron chi connectivity index (χ1n) is 5.20. The number of fused-ring (bicyclic) bond motifs is 2. The number of nitrogens with zero attached hydrogens (tertiary/aromatic N) is 1. The summed E-state index contributed by atoms with van der Waals surface area (Å²) in [5.74, 6) is 0. The molecule has 0 saturated heterocycles. The summed E-state index contributed by atoms with van der Waals surface area (Å²) in [7, 11) is 0. The molecule has 0 aromatic heterocycles. The van der Waals surface area contributed by atoms with Crippen molar-refractivity contribution in [2.45, 2.75) is 19.6 Å². The fraction of sp³-hybridized carbons (Fsp3) is 0. The lowest BCUT2D eigenvalue weighted by Gasteiger charge is -2.14. The zero-order valence-electron chi connectivity index (χ0n) is 8.70. The maximum absolute atomic E-state index is 2.21. The van der Waals surface area contributed by atoms with Crippen LogP contribution in [-0.2, 0) is 0 Å². The quantitative estimate of drug-likeness (QED) is 0.480. The van der Waals surface area contributed by atoms with E-state index in [1.165, 1.54) is 19.6 Å². The molecule has 0 unspecified atom stereocenters. The van der Waals surface area contributed by atoms with Gasteiger partial charge in [-0.2, -0.15) is 0 Å². The first-order valence-corrected chi connectivity index (χ1v) is 8.30. The predicted octanol–water partition coefficient (Wildman–Crippen LogP) is 5.26. The summed E-state index contributed by atoms with van der Waals surface area (Å²) in [5, 5.41) is 0. The molecule has 1 spiro atoms. The lowest BCUT2D eigenvalue weighted by atomic mass is 10.4. The Labute approximate surface area is 117 Å². The lowest BCUT2D eigenvalue weighted by molar-refractivity contribution is -0.267. The minimum absolute atomic E-state index is 0.888. The summed E-state index contributed by atoms with van der Waals surface area (Å²) in [4.78, 5) is 5.58. The number of hydrogen-bond donors (Lipinski definition) is 0. The third-order valence-electron chi connectivity index (χ3n) is 2.54. The Bertz CT molecular complexity index is 492. The fourth-order valence-corrected chi connectivity index (χ4v) is 8.18. The molecule has 2 heterocycles. The van der Waals surface area contributed by atoms with Gasteiger partial charge in [-0.05, 0) is 24.3 Å². The molecular weight excluding hydrogens is 286 g/mol. The van der Waals surface area contributed by atoms with Crippen molar-refractivity contribution >= 4 is 47.8 Å². The van der Waals surface area contributed by atoms with Crippen molar-refractivity contribution in [2.24, 2.45) is 0 Å². The van der Waals surface area contributed by atoms with Crippen LogP contribution < -0.4 is 0 Å². The molecule has 0 amide bonds. The van der Waals surface area contributed by atoms with Gasteiger partial charge in [-0.25, -0.2) is 0 Å². The molecule has 0 saturated carbocycles. The topological polar surface area (TPSA) is 0 Å². The Balaban J connectivity index is 1.72. The van der Waals surface area contributed by atoms with E-state index >= 15 is 0 Å². The highest BCUT2D eigenvalue weighted by Gasteiger charge is 2.50. The third kappa shape index (κ3) is 1.72. The molecule has 0 aliphatic carbocycles. The van der Waals surface area contributed by atoms with E-state index in [2.05, 4.69) is 48.5 Å². The van der Waals surface area contributed by atoms with Gasteiger partial charge in [0.2, 0.25) is 0 Å². The number of benzene rings is 2. The summed E-state index contributed by atoms with van der Waals surface area (Å²) in [6.45, 7) is 0. The molecule has 5 heteroatoms. The van der Waals surface area contributed by atoms with Crippen molar-refractivity contribution in [2.75, 3.05) is 0 Å². The number of quaternary nitrogens is 1. The maximum atomic E-state index is 2.21. The highest BCUT2D eigenvalue weighted by atomic mass is 32.3. The molecule has 4 rings (SSSR count). The molecule has 0 atom stereocenters. The first-order chi connectivity index (χ1) is 8.35. The normalized spacial score (nSPS) is 19.3. The second-order valence-electron chi connectivity index (χ2n) is 3.71. The van der Waals surface area contributed by atoms with Gasteiger partial charge in [0.15, 0.2) is 47.8 Å². The molecule has 2 aliphatic heterocycles. The maximum Gasteiger partial charge on any atom is 0.153 e. The van der Waals surface area contributed by atoms with E-state index in [-0.39, 0.29) is 0 Å². The van der Waals surface area contributed by atoms with Crippen molar-refractivity contribution in [1.82, 2.24) is 0 Å². The summed E-state index contributed by atoms with van der Waals surface area (Å²) in [6, 6.07) is 17.3. The molecule has 2 aromatic carbocycles. The SMILES string of the molecule is c1ccc2c(c1)S[N+]1(S2)Sc2ccccc2S1. The number of rotatable bonds is 0. The van der Waals surface area contributed by atoms with Crippen molar-refractivity contribution < 1.29 is 2.10 Å². The smallest absolute Gasteiger partial charge is 0.0621 e.